The summed E-state index contributed by atoms with van der Waals surface area (Å²) in [7, 11) is 0. The molecule has 0 aliphatic heterocycles. The molecule has 0 saturated heterocycles. The van der Waals surface area contributed by atoms with Gasteiger partial charge < -0.3 is 13.7 Å². The average Bonchev–Trinajstić information content (AvgIpc) is 3.81. The first kappa shape index (κ1) is 25.4. The average molecular weight is 609 g/mol. The molecule has 0 spiro atoms. The lowest BCUT2D eigenvalue weighted by Crippen LogP contribution is -2.09. The van der Waals surface area contributed by atoms with Crippen LogP contribution in [0.15, 0.2) is 154 Å². The molecule has 0 radical (unpaired) electrons. The van der Waals surface area contributed by atoms with Crippen LogP contribution in [-0.2, 0) is 0 Å². The highest BCUT2D eigenvalue weighted by atomic mass is 32.1. The zero-order valence-electron chi connectivity index (χ0n) is 24.5. The van der Waals surface area contributed by atoms with Crippen molar-refractivity contribution in [3.05, 3.63) is 146 Å². The second-order valence-electron chi connectivity index (χ2n) is 11.6. The first-order valence-corrected chi connectivity index (χ1v) is 16.1. The minimum absolute atomic E-state index is 0.639. The van der Waals surface area contributed by atoms with E-state index in [1.54, 1.807) is 11.3 Å². The van der Waals surface area contributed by atoms with Gasteiger partial charge in [0.2, 0.25) is 5.89 Å². The van der Waals surface area contributed by atoms with E-state index in [0.29, 0.717) is 5.89 Å². The van der Waals surface area contributed by atoms with Crippen LogP contribution in [0.25, 0.3) is 75.4 Å². The Hall–Kier alpha value is -5.91. The van der Waals surface area contributed by atoms with Gasteiger partial charge in [0.1, 0.15) is 16.7 Å². The molecule has 5 heteroatoms. The third-order valence-electron chi connectivity index (χ3n) is 8.87. The van der Waals surface area contributed by atoms with Crippen LogP contribution in [0.4, 0.5) is 17.1 Å². The van der Waals surface area contributed by atoms with E-state index in [-0.39, 0.29) is 0 Å². The third kappa shape index (κ3) is 3.89. The van der Waals surface area contributed by atoms with Crippen molar-refractivity contribution >= 4 is 92.4 Å². The number of para-hydroxylation sites is 3. The lowest BCUT2D eigenvalue weighted by atomic mass is 10.0. The van der Waals surface area contributed by atoms with E-state index in [0.717, 1.165) is 61.1 Å². The van der Waals surface area contributed by atoms with E-state index in [4.69, 9.17) is 13.8 Å². The van der Waals surface area contributed by atoms with Crippen LogP contribution < -0.4 is 4.90 Å². The highest BCUT2D eigenvalue weighted by molar-refractivity contribution is 7.26. The van der Waals surface area contributed by atoms with Crippen LogP contribution >= 0.6 is 11.3 Å². The molecule has 3 aromatic heterocycles. The normalized spacial score (nSPS) is 11.9. The maximum Gasteiger partial charge on any atom is 0.227 e. The molecule has 0 bridgehead atoms. The molecule has 0 N–H and O–H groups in total. The van der Waals surface area contributed by atoms with Crippen molar-refractivity contribution < 1.29 is 8.83 Å². The maximum absolute atomic E-state index is 6.28. The lowest BCUT2D eigenvalue weighted by molar-refractivity contribution is 0.620. The summed E-state index contributed by atoms with van der Waals surface area (Å²) in [5.74, 6) is 0.639. The quantitative estimate of drug-likeness (QED) is 0.199. The van der Waals surface area contributed by atoms with E-state index in [2.05, 4.69) is 114 Å². The molecular weight excluding hydrogens is 585 g/mol. The van der Waals surface area contributed by atoms with Crippen molar-refractivity contribution in [2.75, 3.05) is 4.90 Å². The molecular formula is C41H24N2O2S. The summed E-state index contributed by atoms with van der Waals surface area (Å²) in [6.45, 7) is 0. The van der Waals surface area contributed by atoms with Crippen molar-refractivity contribution in [1.29, 1.82) is 0 Å². The molecule has 0 aliphatic rings. The topological polar surface area (TPSA) is 42.4 Å². The molecule has 10 rings (SSSR count). The standard InChI is InChI=1S/C41H24N2O2S/c1-2-9-26-22-27(17-16-25(26)8-1)43(28-18-20-36-32(23-28)30-10-3-5-13-35(30)44-36)29-19-21-38-33(24-29)40-31(11-7-15-39(40)46-38)41-42-34-12-4-6-14-37(34)45-41/h1-24H. The summed E-state index contributed by atoms with van der Waals surface area (Å²) in [6.07, 6.45) is 0. The van der Waals surface area contributed by atoms with Crippen LogP contribution in [0.2, 0.25) is 0 Å². The van der Waals surface area contributed by atoms with Gasteiger partial charge in [0, 0.05) is 53.6 Å². The second kappa shape index (κ2) is 9.80. The number of fused-ring (bicyclic) bond motifs is 8. The van der Waals surface area contributed by atoms with Crippen LogP contribution in [0.5, 0.6) is 0 Å². The second-order valence-corrected chi connectivity index (χ2v) is 12.7. The predicted molar refractivity (Wildman–Crippen MR) is 192 cm³/mol. The molecule has 0 atom stereocenters. The Morgan fingerprint density at radius 1 is 0.478 bits per heavy atom. The van der Waals surface area contributed by atoms with Gasteiger partial charge in [0.15, 0.2) is 5.58 Å². The number of rotatable bonds is 4. The molecule has 46 heavy (non-hydrogen) atoms. The molecule has 7 aromatic carbocycles. The molecule has 3 heterocycles. The van der Waals surface area contributed by atoms with Crippen molar-refractivity contribution in [2.45, 2.75) is 0 Å². The molecule has 0 amide bonds. The largest absolute Gasteiger partial charge is 0.456 e. The summed E-state index contributed by atoms with van der Waals surface area (Å²) in [4.78, 5) is 7.21. The summed E-state index contributed by atoms with van der Waals surface area (Å²) in [6, 6.07) is 51.0. The van der Waals surface area contributed by atoms with Gasteiger partial charge in [-0.2, -0.15) is 0 Å². The summed E-state index contributed by atoms with van der Waals surface area (Å²) < 4.78 is 14.9. The Morgan fingerprint density at radius 3 is 2.11 bits per heavy atom. The fourth-order valence-electron chi connectivity index (χ4n) is 6.74. The SMILES string of the molecule is c1ccc2cc(N(c3ccc4oc5ccccc5c4c3)c3ccc4sc5cccc(-c6nc7ccccc7o6)c5c4c3)ccc2c1. The molecule has 4 nitrogen and oxygen atoms in total. The van der Waals surface area contributed by atoms with E-state index in [1.807, 2.05) is 36.4 Å². The fraction of sp³-hybridized carbons (Fsp3) is 0. The van der Waals surface area contributed by atoms with Gasteiger partial charge in [-0.05, 0) is 89.6 Å². The lowest BCUT2D eigenvalue weighted by Gasteiger charge is -2.26. The number of benzene rings is 7. The smallest absolute Gasteiger partial charge is 0.227 e. The third-order valence-corrected chi connectivity index (χ3v) is 10.0. The minimum Gasteiger partial charge on any atom is -0.456 e. The highest BCUT2D eigenvalue weighted by Gasteiger charge is 2.20. The number of thiophene rings is 1. The van der Waals surface area contributed by atoms with Crippen LogP contribution in [-0.4, -0.2) is 4.98 Å². The number of anilines is 3. The number of aromatic nitrogens is 1. The highest BCUT2D eigenvalue weighted by Crippen LogP contribution is 2.45. The molecule has 10 aromatic rings. The van der Waals surface area contributed by atoms with Crippen molar-refractivity contribution in [3.8, 4) is 11.5 Å². The van der Waals surface area contributed by atoms with Gasteiger partial charge in [-0.25, -0.2) is 4.98 Å². The Morgan fingerprint density at radius 2 is 1.20 bits per heavy atom. The van der Waals surface area contributed by atoms with Gasteiger partial charge >= 0.3 is 0 Å². The predicted octanol–water partition coefficient (Wildman–Crippen LogP) is 12.4. The van der Waals surface area contributed by atoms with E-state index >= 15 is 0 Å². The maximum atomic E-state index is 6.28. The van der Waals surface area contributed by atoms with E-state index in [1.165, 1.54) is 25.6 Å². The van der Waals surface area contributed by atoms with Gasteiger partial charge in [-0.15, -0.1) is 11.3 Å². The zero-order valence-corrected chi connectivity index (χ0v) is 25.3. The summed E-state index contributed by atoms with van der Waals surface area (Å²) >= 11 is 1.80. The Balaban J connectivity index is 1.22. The summed E-state index contributed by atoms with van der Waals surface area (Å²) in [5.41, 5.74) is 7.65. The van der Waals surface area contributed by atoms with Crippen molar-refractivity contribution in [3.63, 3.8) is 0 Å². The Kier molecular flexibility index (Phi) is 5.41. The van der Waals surface area contributed by atoms with Crippen LogP contribution in [0.3, 0.4) is 0 Å². The molecule has 0 saturated carbocycles. The van der Waals surface area contributed by atoms with Gasteiger partial charge in [0.25, 0.3) is 0 Å². The Labute approximate surface area is 267 Å². The monoisotopic (exact) mass is 608 g/mol. The Bertz CT molecular complexity index is 2750. The number of hydrogen-bond donors (Lipinski definition) is 0. The number of furan rings is 1. The first-order chi connectivity index (χ1) is 22.8. The molecule has 216 valence electrons. The minimum atomic E-state index is 0.639. The van der Waals surface area contributed by atoms with Gasteiger partial charge in [-0.3, -0.25) is 0 Å². The number of hydrogen-bond acceptors (Lipinski definition) is 5. The van der Waals surface area contributed by atoms with Crippen molar-refractivity contribution in [2.24, 2.45) is 0 Å². The molecule has 0 fully saturated rings. The molecule has 0 unspecified atom stereocenters. The summed E-state index contributed by atoms with van der Waals surface area (Å²) in [5, 5.41) is 6.95. The van der Waals surface area contributed by atoms with Crippen molar-refractivity contribution in [1.82, 2.24) is 4.98 Å². The first-order valence-electron chi connectivity index (χ1n) is 15.3. The fourth-order valence-corrected chi connectivity index (χ4v) is 7.85. The van der Waals surface area contributed by atoms with Gasteiger partial charge in [-0.1, -0.05) is 66.7 Å². The van der Waals surface area contributed by atoms with Crippen LogP contribution in [0.1, 0.15) is 0 Å². The van der Waals surface area contributed by atoms with E-state index < -0.39 is 0 Å². The number of oxazole rings is 1. The number of nitrogens with zero attached hydrogens (tertiary/aromatic N) is 2. The van der Waals surface area contributed by atoms with Crippen LogP contribution in [0, 0.1) is 0 Å². The van der Waals surface area contributed by atoms with Gasteiger partial charge in [0.05, 0.1) is 0 Å². The zero-order chi connectivity index (χ0) is 30.2. The molecule has 0 aliphatic carbocycles. The van der Waals surface area contributed by atoms with E-state index in [9.17, 15) is 0 Å².